The molecule has 0 saturated heterocycles. The van der Waals surface area contributed by atoms with Gasteiger partial charge >= 0.3 is 15.0 Å². The molecule has 3 nitrogen and oxygen atoms in total. The van der Waals surface area contributed by atoms with Gasteiger partial charge in [-0.15, -0.1) is 0 Å². The maximum Gasteiger partial charge on any atom is 0.346 e. The molecular formula is C4H10F2O3SSi. The first-order chi connectivity index (χ1) is 4.50. The summed E-state index contributed by atoms with van der Waals surface area (Å²) in [5.74, 6) is 0. The van der Waals surface area contributed by atoms with Crippen LogP contribution in [-0.2, 0) is 10.1 Å². The second-order valence-corrected chi connectivity index (χ2v) is 10.2. The molecule has 0 atom stereocenters. The van der Waals surface area contributed by atoms with Crippen molar-refractivity contribution in [2.45, 2.75) is 24.5 Å². The minimum absolute atomic E-state index is 1.17. The molecule has 0 spiro atoms. The van der Waals surface area contributed by atoms with Gasteiger partial charge in [-0.3, -0.25) is 4.55 Å². The molecule has 0 aromatic heterocycles. The lowest BCUT2D eigenvalue weighted by Crippen LogP contribution is -2.50. The third kappa shape index (κ3) is 1.97. The van der Waals surface area contributed by atoms with E-state index in [1.165, 1.54) is 19.6 Å². The first-order valence-electron chi connectivity index (χ1n) is 2.85. The van der Waals surface area contributed by atoms with E-state index in [4.69, 9.17) is 4.55 Å². The van der Waals surface area contributed by atoms with Gasteiger partial charge < -0.3 is 0 Å². The maximum atomic E-state index is 12.7. The zero-order valence-electron chi connectivity index (χ0n) is 6.43. The summed E-state index contributed by atoms with van der Waals surface area (Å²) in [4.78, 5) is -3.96. The van der Waals surface area contributed by atoms with Crippen LogP contribution in [0, 0.1) is 0 Å². The standard InChI is InChI=1S/C4H10F2O3SSi/c1-11(2,3)4(5,6)10(7,8)9/h1-3H3,(H,7,8,9). The number of alkyl halides is 2. The first kappa shape index (κ1) is 11.0. The van der Waals surface area contributed by atoms with Crippen LogP contribution in [0.25, 0.3) is 0 Å². The van der Waals surface area contributed by atoms with Crippen molar-refractivity contribution in [3.8, 4) is 0 Å². The molecule has 0 fully saturated rings. The van der Waals surface area contributed by atoms with Crippen LogP contribution in [0.15, 0.2) is 0 Å². The van der Waals surface area contributed by atoms with Gasteiger partial charge in [0, 0.05) is 0 Å². The summed E-state index contributed by atoms with van der Waals surface area (Å²) in [5, 5.41) is 0. The molecule has 0 rings (SSSR count). The van der Waals surface area contributed by atoms with Gasteiger partial charge in [0.2, 0.25) is 0 Å². The molecule has 0 amide bonds. The lowest BCUT2D eigenvalue weighted by molar-refractivity contribution is 0.158. The van der Waals surface area contributed by atoms with Crippen LogP contribution in [0.4, 0.5) is 8.78 Å². The lowest BCUT2D eigenvalue weighted by atomic mass is 11.6. The number of hydrogen-bond acceptors (Lipinski definition) is 2. The maximum absolute atomic E-state index is 12.7. The predicted octanol–water partition coefficient (Wildman–Crippen LogP) is 1.34. The minimum atomic E-state index is -5.23. The molecule has 0 heterocycles. The molecule has 68 valence electrons. The van der Waals surface area contributed by atoms with E-state index in [1.807, 2.05) is 0 Å². The summed E-state index contributed by atoms with van der Waals surface area (Å²) in [6.45, 7) is 3.50. The molecule has 11 heavy (non-hydrogen) atoms. The summed E-state index contributed by atoms with van der Waals surface area (Å²) in [6, 6.07) is 0. The normalized spacial score (nSPS) is 15.1. The van der Waals surface area contributed by atoms with Crippen molar-refractivity contribution in [1.29, 1.82) is 0 Å². The Bertz CT molecular complexity index is 241. The highest BCUT2D eigenvalue weighted by Gasteiger charge is 2.55. The van der Waals surface area contributed by atoms with Gasteiger partial charge in [0.05, 0.1) is 0 Å². The van der Waals surface area contributed by atoms with E-state index in [-0.39, 0.29) is 0 Å². The Kier molecular flexibility index (Phi) is 2.49. The topological polar surface area (TPSA) is 54.4 Å². The Balaban J connectivity index is 5.08. The lowest BCUT2D eigenvalue weighted by Gasteiger charge is -2.24. The Morgan fingerprint density at radius 3 is 1.55 bits per heavy atom. The highest BCUT2D eigenvalue weighted by molar-refractivity contribution is 7.89. The summed E-state index contributed by atoms with van der Waals surface area (Å²) >= 11 is 0. The zero-order chi connectivity index (χ0) is 9.50. The van der Waals surface area contributed by atoms with Gasteiger partial charge in [0.1, 0.15) is 0 Å². The van der Waals surface area contributed by atoms with E-state index in [9.17, 15) is 17.2 Å². The van der Waals surface area contributed by atoms with Crippen LogP contribution in [0.1, 0.15) is 0 Å². The van der Waals surface area contributed by atoms with E-state index in [1.54, 1.807) is 0 Å². The number of halogens is 2. The summed E-state index contributed by atoms with van der Waals surface area (Å²) in [5.41, 5.74) is 0. The van der Waals surface area contributed by atoms with E-state index in [0.29, 0.717) is 0 Å². The Morgan fingerprint density at radius 1 is 1.27 bits per heavy atom. The second-order valence-electron chi connectivity index (χ2n) is 3.24. The fraction of sp³-hybridized carbons (Fsp3) is 1.00. The molecule has 0 aliphatic heterocycles. The van der Waals surface area contributed by atoms with Gasteiger partial charge in [-0.05, 0) is 0 Å². The van der Waals surface area contributed by atoms with Crippen molar-refractivity contribution in [2.24, 2.45) is 0 Å². The smallest absolute Gasteiger partial charge is 0.281 e. The summed E-state index contributed by atoms with van der Waals surface area (Å²) in [7, 11) is -8.42. The van der Waals surface area contributed by atoms with Crippen molar-refractivity contribution in [1.82, 2.24) is 0 Å². The van der Waals surface area contributed by atoms with Crippen molar-refractivity contribution in [2.75, 3.05) is 0 Å². The Morgan fingerprint density at radius 2 is 1.55 bits per heavy atom. The molecule has 0 aromatic rings. The van der Waals surface area contributed by atoms with Crippen molar-refractivity contribution in [3.63, 3.8) is 0 Å². The van der Waals surface area contributed by atoms with Crippen LogP contribution in [0.5, 0.6) is 0 Å². The van der Waals surface area contributed by atoms with Crippen molar-refractivity contribution in [3.05, 3.63) is 0 Å². The number of hydrogen-bond donors (Lipinski definition) is 1. The van der Waals surface area contributed by atoms with Gasteiger partial charge in [-0.1, -0.05) is 19.6 Å². The Hall–Kier alpha value is -0.0131. The average molecular weight is 204 g/mol. The van der Waals surface area contributed by atoms with Crippen LogP contribution in [-0.4, -0.2) is 25.9 Å². The van der Waals surface area contributed by atoms with E-state index < -0.39 is 23.1 Å². The summed E-state index contributed by atoms with van der Waals surface area (Å²) < 4.78 is 53.7. The average Bonchev–Trinajstić information content (AvgIpc) is 1.58. The predicted molar refractivity (Wildman–Crippen MR) is 39.8 cm³/mol. The molecule has 0 radical (unpaired) electrons. The van der Waals surface area contributed by atoms with Crippen LogP contribution < -0.4 is 0 Å². The largest absolute Gasteiger partial charge is 0.346 e. The third-order valence-electron chi connectivity index (χ3n) is 1.20. The van der Waals surface area contributed by atoms with Gasteiger partial charge in [-0.25, -0.2) is 0 Å². The van der Waals surface area contributed by atoms with Crippen molar-refractivity contribution >= 4 is 18.2 Å². The molecule has 7 heteroatoms. The quantitative estimate of drug-likeness (QED) is 0.545. The summed E-state index contributed by atoms with van der Waals surface area (Å²) in [6.07, 6.45) is 0. The zero-order valence-corrected chi connectivity index (χ0v) is 8.24. The molecule has 0 aliphatic carbocycles. The van der Waals surface area contributed by atoms with E-state index in [0.717, 1.165) is 0 Å². The minimum Gasteiger partial charge on any atom is -0.281 e. The van der Waals surface area contributed by atoms with E-state index in [2.05, 4.69) is 0 Å². The van der Waals surface area contributed by atoms with Gasteiger partial charge in [-0.2, -0.15) is 17.2 Å². The highest BCUT2D eigenvalue weighted by atomic mass is 32.2. The monoisotopic (exact) mass is 204 g/mol. The molecule has 0 bridgehead atoms. The van der Waals surface area contributed by atoms with Crippen LogP contribution in [0.2, 0.25) is 19.6 Å². The first-order valence-corrected chi connectivity index (χ1v) is 7.79. The van der Waals surface area contributed by atoms with E-state index >= 15 is 0 Å². The van der Waals surface area contributed by atoms with Gasteiger partial charge in [0.25, 0.3) is 0 Å². The molecule has 0 unspecified atom stereocenters. The molecule has 1 N–H and O–H groups in total. The molecule has 0 aromatic carbocycles. The van der Waals surface area contributed by atoms with Crippen LogP contribution in [0.3, 0.4) is 0 Å². The third-order valence-corrected chi connectivity index (χ3v) is 6.20. The molecule has 0 aliphatic rings. The Labute approximate surface area is 65.2 Å². The fourth-order valence-electron chi connectivity index (χ4n) is 0.387. The molecule has 0 saturated carbocycles. The highest BCUT2D eigenvalue weighted by Crippen LogP contribution is 2.31. The van der Waals surface area contributed by atoms with Crippen molar-refractivity contribution < 1.29 is 21.8 Å². The van der Waals surface area contributed by atoms with Crippen LogP contribution >= 0.6 is 0 Å². The number of rotatable bonds is 2. The second kappa shape index (κ2) is 2.49. The SMILES string of the molecule is C[Si](C)(C)C(F)(F)S(=O)(=O)O. The molecular weight excluding hydrogens is 194 g/mol. The fourth-order valence-corrected chi connectivity index (χ4v) is 3.48. The van der Waals surface area contributed by atoms with Gasteiger partial charge in [0.15, 0.2) is 8.07 Å².